The zero-order valence-electron chi connectivity index (χ0n) is 25.4. The fourth-order valence-electron chi connectivity index (χ4n) is 9.04. The van der Waals surface area contributed by atoms with Crippen molar-refractivity contribution in [2.75, 3.05) is 0 Å². The van der Waals surface area contributed by atoms with E-state index in [1.165, 1.54) is 13.0 Å². The van der Waals surface area contributed by atoms with Gasteiger partial charge in [0, 0.05) is 5.41 Å². The number of hydrogen-bond acceptors (Lipinski definition) is 6. The van der Waals surface area contributed by atoms with Gasteiger partial charge < -0.3 is 10.2 Å². The van der Waals surface area contributed by atoms with Crippen molar-refractivity contribution < 1.29 is 29.4 Å². The van der Waals surface area contributed by atoms with E-state index in [9.17, 15) is 29.4 Å². The molecule has 2 N–H and O–H groups in total. The van der Waals surface area contributed by atoms with Gasteiger partial charge in [-0.25, -0.2) is 0 Å². The summed E-state index contributed by atoms with van der Waals surface area (Å²) < 4.78 is 0. The molecule has 0 saturated heterocycles. The number of fused-ring (bicyclic) bond motifs is 3. The van der Waals surface area contributed by atoms with E-state index in [-0.39, 0.29) is 17.2 Å². The van der Waals surface area contributed by atoms with Gasteiger partial charge in [-0.3, -0.25) is 19.2 Å². The molecular weight excluding hydrogens is 516 g/mol. The van der Waals surface area contributed by atoms with E-state index in [1.807, 2.05) is 71.9 Å². The number of phenols is 1. The van der Waals surface area contributed by atoms with Crippen LogP contribution in [0.25, 0.3) is 11.1 Å². The van der Waals surface area contributed by atoms with E-state index in [4.69, 9.17) is 0 Å². The number of aromatic hydroxyl groups is 1. The first-order valence-electron chi connectivity index (χ1n) is 14.5. The molecule has 2 unspecified atom stereocenters. The van der Waals surface area contributed by atoms with Gasteiger partial charge in [-0.2, -0.15) is 0 Å². The number of ketones is 4. The fraction of sp³-hybridized carbons (Fsp3) is 0.486. The average Bonchev–Trinajstić information content (AvgIpc) is 2.89. The predicted molar refractivity (Wildman–Crippen MR) is 157 cm³/mol. The van der Waals surface area contributed by atoms with Crippen LogP contribution in [-0.2, 0) is 14.4 Å². The molecule has 0 radical (unpaired) electrons. The van der Waals surface area contributed by atoms with E-state index in [2.05, 4.69) is 0 Å². The molecule has 5 rings (SSSR count). The molecule has 2 aromatic rings. The molecule has 216 valence electrons. The second kappa shape index (κ2) is 9.06. The van der Waals surface area contributed by atoms with Crippen molar-refractivity contribution in [3.63, 3.8) is 0 Å². The van der Waals surface area contributed by atoms with Crippen molar-refractivity contribution in [1.82, 2.24) is 0 Å². The molecule has 0 aromatic heterocycles. The summed E-state index contributed by atoms with van der Waals surface area (Å²) in [5, 5.41) is 23.5. The summed E-state index contributed by atoms with van der Waals surface area (Å²) in [5.74, 6) is -6.73. The van der Waals surface area contributed by atoms with Crippen LogP contribution in [0.4, 0.5) is 0 Å². The zero-order chi connectivity index (χ0) is 30.6. The predicted octanol–water partition coefficient (Wildman–Crippen LogP) is 6.01. The summed E-state index contributed by atoms with van der Waals surface area (Å²) in [6.45, 7) is 16.5. The molecule has 6 nitrogen and oxygen atoms in total. The first-order valence-corrected chi connectivity index (χ1v) is 14.5. The van der Waals surface area contributed by atoms with Crippen molar-refractivity contribution in [3.05, 3.63) is 64.2 Å². The maximum absolute atomic E-state index is 14.7. The van der Waals surface area contributed by atoms with Gasteiger partial charge in [-0.05, 0) is 66.7 Å². The van der Waals surface area contributed by atoms with Crippen LogP contribution in [0.3, 0.4) is 0 Å². The summed E-state index contributed by atoms with van der Waals surface area (Å²) in [4.78, 5) is 56.0. The molecule has 0 spiro atoms. The Morgan fingerprint density at radius 2 is 1.51 bits per heavy atom. The number of Topliss-reactive ketones (excluding diaryl/α,β-unsaturated/α-hetero) is 4. The summed E-state index contributed by atoms with van der Waals surface area (Å²) >= 11 is 0. The smallest absolute Gasteiger partial charge is 0.192 e. The number of benzene rings is 2. The van der Waals surface area contributed by atoms with Crippen molar-refractivity contribution in [3.8, 4) is 16.9 Å². The number of carbonyl (C=O) groups is 4. The molecule has 3 aliphatic carbocycles. The number of allylic oxidation sites excluding steroid dienone is 1. The van der Waals surface area contributed by atoms with Crippen LogP contribution in [0.15, 0.2) is 47.5 Å². The maximum Gasteiger partial charge on any atom is 0.192 e. The standard InChI is InChI=1S/C35H40O6/c1-16(2)28-18(4)25(20(6)36)31(39)35(41)32(40)29-30(38)27-24(37)15-14-23(22-12-10-17(3)11-13-22)26(27)19(5)33(29,8)21(7)34(28,35)9/h10-16,19,21,25,29,37,41H,1-9H3/t19-,21-,25?,29?,33-,34-,35+/m0/s1. The molecule has 6 heteroatoms. The third-order valence-electron chi connectivity index (χ3n) is 11.3. The Hall–Kier alpha value is -3.38. The van der Waals surface area contributed by atoms with Gasteiger partial charge in [0.2, 0.25) is 0 Å². The van der Waals surface area contributed by atoms with Crippen LogP contribution in [0, 0.1) is 41.4 Å². The van der Waals surface area contributed by atoms with Gasteiger partial charge >= 0.3 is 0 Å². The zero-order valence-corrected chi connectivity index (χ0v) is 25.4. The summed E-state index contributed by atoms with van der Waals surface area (Å²) in [5.41, 5.74) is -0.121. The van der Waals surface area contributed by atoms with E-state index in [0.717, 1.165) is 22.3 Å². The first-order chi connectivity index (χ1) is 19.0. The molecule has 1 fully saturated rings. The second-order valence-corrected chi connectivity index (χ2v) is 13.3. The lowest BCUT2D eigenvalue weighted by molar-refractivity contribution is -0.197. The normalized spacial score (nSPS) is 34.9. The average molecular weight is 557 g/mol. The van der Waals surface area contributed by atoms with Crippen molar-refractivity contribution >= 4 is 23.1 Å². The van der Waals surface area contributed by atoms with Crippen LogP contribution < -0.4 is 0 Å². The Labute approximate surface area is 241 Å². The Morgan fingerprint density at radius 3 is 2.05 bits per heavy atom. The highest BCUT2D eigenvalue weighted by Gasteiger charge is 2.77. The molecule has 7 atom stereocenters. The Bertz CT molecular complexity index is 1560. The lowest BCUT2D eigenvalue weighted by atomic mass is 9.36. The van der Waals surface area contributed by atoms with Gasteiger partial charge in [-0.1, -0.05) is 88.6 Å². The lowest BCUT2D eigenvalue weighted by Crippen LogP contribution is -2.76. The van der Waals surface area contributed by atoms with Crippen LogP contribution in [0.2, 0.25) is 0 Å². The van der Waals surface area contributed by atoms with E-state index < -0.39 is 63.2 Å². The van der Waals surface area contributed by atoms with Crippen molar-refractivity contribution in [1.29, 1.82) is 0 Å². The molecule has 1 saturated carbocycles. The molecule has 0 aliphatic heterocycles. The quantitative estimate of drug-likeness (QED) is 0.354. The highest BCUT2D eigenvalue weighted by molar-refractivity contribution is 6.27. The number of aliphatic hydroxyl groups is 1. The number of carbonyl (C=O) groups excluding carboxylic acids is 4. The van der Waals surface area contributed by atoms with E-state index >= 15 is 0 Å². The van der Waals surface area contributed by atoms with Gasteiger partial charge in [0.15, 0.2) is 23.0 Å². The highest BCUT2D eigenvalue weighted by atomic mass is 16.3. The number of phenolic OH excluding ortho intramolecular Hbond substituents is 1. The monoisotopic (exact) mass is 556 g/mol. The summed E-state index contributed by atoms with van der Waals surface area (Å²) in [6.07, 6.45) is 0. The van der Waals surface area contributed by atoms with Crippen molar-refractivity contribution in [2.24, 2.45) is 34.5 Å². The van der Waals surface area contributed by atoms with Gasteiger partial charge in [-0.15, -0.1) is 0 Å². The molecule has 0 bridgehead atoms. The summed E-state index contributed by atoms with van der Waals surface area (Å²) in [6, 6.07) is 11.2. The van der Waals surface area contributed by atoms with Crippen LogP contribution >= 0.6 is 0 Å². The largest absolute Gasteiger partial charge is 0.507 e. The Morgan fingerprint density at radius 1 is 0.927 bits per heavy atom. The van der Waals surface area contributed by atoms with Crippen LogP contribution in [-0.4, -0.2) is 38.9 Å². The third-order valence-corrected chi connectivity index (χ3v) is 11.3. The summed E-state index contributed by atoms with van der Waals surface area (Å²) in [7, 11) is 0. The molecule has 41 heavy (non-hydrogen) atoms. The molecule has 0 amide bonds. The minimum Gasteiger partial charge on any atom is -0.507 e. The topological polar surface area (TPSA) is 109 Å². The van der Waals surface area contributed by atoms with Crippen molar-refractivity contribution in [2.45, 2.75) is 73.8 Å². The Balaban J connectivity index is 1.85. The van der Waals surface area contributed by atoms with Gasteiger partial charge in [0.25, 0.3) is 0 Å². The minimum absolute atomic E-state index is 0.0629. The molecule has 3 aliphatic rings. The molecule has 0 heterocycles. The fourth-order valence-corrected chi connectivity index (χ4v) is 9.04. The minimum atomic E-state index is -2.57. The molecular formula is C35H40O6. The van der Waals surface area contributed by atoms with Gasteiger partial charge in [0.05, 0.1) is 11.5 Å². The lowest BCUT2D eigenvalue weighted by Gasteiger charge is -2.65. The number of rotatable bonds is 3. The third kappa shape index (κ3) is 3.34. The second-order valence-electron chi connectivity index (χ2n) is 13.3. The SMILES string of the molecule is CC(=O)C1C(=O)[C@@]2(O)C(=O)C3C(=O)c4c(O)ccc(-c5ccc(C)cc5)c4[C@H](C)[C@@]3(C)[C@H](C)[C@@]2(C)C(C(C)C)=C1C. The molecule has 2 aromatic carbocycles. The Kier molecular flexibility index (Phi) is 6.43. The first kappa shape index (κ1) is 29.1. The number of hydrogen-bond donors (Lipinski definition) is 2. The van der Waals surface area contributed by atoms with Crippen LogP contribution in [0.1, 0.15) is 82.8 Å². The number of aryl methyl sites for hydroxylation is 1. The van der Waals surface area contributed by atoms with E-state index in [0.29, 0.717) is 11.1 Å². The van der Waals surface area contributed by atoms with Gasteiger partial charge in [0.1, 0.15) is 17.5 Å². The van der Waals surface area contributed by atoms with Crippen LogP contribution in [0.5, 0.6) is 5.75 Å². The highest BCUT2D eigenvalue weighted by Crippen LogP contribution is 2.69. The maximum atomic E-state index is 14.7. The van der Waals surface area contributed by atoms with E-state index in [1.54, 1.807) is 13.8 Å².